The highest BCUT2D eigenvalue weighted by atomic mass is 27.1. The third kappa shape index (κ3) is 7.26. The summed E-state index contributed by atoms with van der Waals surface area (Å²) < 4.78 is 0. The maximum absolute atomic E-state index is 3.34. The van der Waals surface area contributed by atoms with Gasteiger partial charge in [0.1, 0.15) is 0 Å². The monoisotopic (exact) mass is 642 g/mol. The molecule has 5 rings (SSSR count). The molecule has 0 nitrogen and oxygen atoms in total. The van der Waals surface area contributed by atoms with Gasteiger partial charge >= 0.3 is 0 Å². The van der Waals surface area contributed by atoms with Crippen LogP contribution in [0, 0.1) is 42.8 Å². The number of hydrogen-bond donors (Lipinski definition) is 0. The van der Waals surface area contributed by atoms with Gasteiger partial charge in [-0.2, -0.15) is 0 Å². The highest BCUT2D eigenvalue weighted by Crippen LogP contribution is 2.38. The van der Waals surface area contributed by atoms with E-state index >= 15 is 0 Å². The molecule has 0 amide bonds. The molecule has 4 heteroatoms. The molecule has 0 fully saturated rings. The molecule has 0 atom stereocenters. The van der Waals surface area contributed by atoms with Crippen LogP contribution in [-0.2, 0) is 10.8 Å². The van der Waals surface area contributed by atoms with E-state index in [2.05, 4.69) is 222 Å². The third-order valence-corrected chi connectivity index (χ3v) is 8.79. The molecular weight excluding hydrogens is 612 g/mol. The standard InChI is InChI=1S/C42H30.4Al/c1-11-27-23-37(41(5,6)7)24-28(12-2)39(27)33-17-15-31-20-36-22-34(18-16-32(36)19-35(31)21-33)40-29(13-3)25-38(42(8,9)10)26-30(40)14-4;;;;/h15-26H,5-10H3;;;;. The van der Waals surface area contributed by atoms with Crippen molar-refractivity contribution in [3.05, 3.63) is 106 Å². The van der Waals surface area contributed by atoms with Crippen molar-refractivity contribution in [2.24, 2.45) is 0 Å². The summed E-state index contributed by atoms with van der Waals surface area (Å²) in [5, 5.41) is 4.70. The first-order chi connectivity index (χ1) is 21.9. The fraction of sp³-hybridized carbons (Fsp3) is 0.190. The van der Waals surface area contributed by atoms with E-state index in [1.807, 2.05) is 0 Å². The normalized spacial score (nSPS) is 10.9. The van der Waals surface area contributed by atoms with Crippen LogP contribution in [0.2, 0.25) is 0 Å². The summed E-state index contributed by atoms with van der Waals surface area (Å²) in [5.74, 6) is 13.4. The van der Waals surface area contributed by atoms with Gasteiger partial charge in [-0.05, 0) is 103 Å². The number of hydrogen-bond acceptors (Lipinski definition) is 0. The predicted molar refractivity (Wildman–Crippen MR) is 200 cm³/mol. The van der Waals surface area contributed by atoms with Crippen molar-refractivity contribution in [3.63, 3.8) is 0 Å². The lowest BCUT2D eigenvalue weighted by atomic mass is 9.82. The van der Waals surface area contributed by atoms with Crippen molar-refractivity contribution in [2.75, 3.05) is 0 Å². The first-order valence-electron chi connectivity index (χ1n) is 15.1. The molecule has 0 saturated carbocycles. The van der Waals surface area contributed by atoms with Gasteiger partial charge in [-0.25, -0.2) is 19.1 Å². The SMILES string of the molecule is CC(C)(C)c1cc(C#[C][Al])c(-c2ccc3cc4cc(-c5c(C#[C][Al])cc(C(C)(C)C)cc5C#[C][Al])ccc4cc3c2)c(C#[C][Al])c1. The molecule has 210 valence electrons. The predicted octanol–water partition coefficient (Wildman–Crippen LogP) is 7.83. The van der Waals surface area contributed by atoms with Crippen LogP contribution in [0.3, 0.4) is 0 Å². The Kier molecular flexibility index (Phi) is 10.4. The summed E-state index contributed by atoms with van der Waals surface area (Å²) in [7, 11) is 0. The molecule has 0 saturated heterocycles. The Labute approximate surface area is 307 Å². The largest absolute Gasteiger partial charge is 0.264 e. The lowest BCUT2D eigenvalue weighted by Gasteiger charge is -2.22. The average Bonchev–Trinajstić information content (AvgIpc) is 2.99. The van der Waals surface area contributed by atoms with Crippen LogP contribution in [-0.4, -0.2) is 65.2 Å². The molecule has 8 radical (unpaired) electrons. The zero-order chi connectivity index (χ0) is 33.2. The Balaban J connectivity index is 1.70. The maximum atomic E-state index is 3.34. The Morgan fingerprint density at radius 2 is 0.696 bits per heavy atom. The second kappa shape index (κ2) is 14.0. The molecule has 46 heavy (non-hydrogen) atoms. The number of benzene rings is 5. The van der Waals surface area contributed by atoms with Gasteiger partial charge in [0.25, 0.3) is 65.2 Å². The molecule has 5 aromatic carbocycles. The summed E-state index contributed by atoms with van der Waals surface area (Å²) in [6.07, 6.45) is 0. The van der Waals surface area contributed by atoms with Gasteiger partial charge in [-0.1, -0.05) is 89.5 Å². The first-order valence-corrected chi connectivity index (χ1v) is 17.4. The van der Waals surface area contributed by atoms with E-state index in [1.54, 1.807) is 0 Å². The molecule has 0 N–H and O–H groups in total. The molecule has 0 aliphatic rings. The molecule has 0 aromatic heterocycles. The first kappa shape index (κ1) is 34.3. The molecule has 0 bridgehead atoms. The summed E-state index contributed by atoms with van der Waals surface area (Å²) in [4.78, 5) is 12.2. The average molecular weight is 643 g/mol. The van der Waals surface area contributed by atoms with Crippen LogP contribution in [0.1, 0.15) is 74.9 Å². The van der Waals surface area contributed by atoms with Crippen LogP contribution >= 0.6 is 0 Å². The minimum atomic E-state index is -0.0192. The summed E-state index contributed by atoms with van der Waals surface area (Å²) in [5.41, 5.74) is 10.7. The van der Waals surface area contributed by atoms with Crippen molar-refractivity contribution < 1.29 is 0 Å². The molecular formula is C42H30Al4. The smallest absolute Gasteiger partial charge is 0.230 e. The van der Waals surface area contributed by atoms with E-state index in [0.717, 1.165) is 44.5 Å². The molecule has 0 spiro atoms. The Bertz CT molecular complexity index is 2030. The van der Waals surface area contributed by atoms with E-state index in [9.17, 15) is 0 Å². The molecule has 0 aliphatic carbocycles. The van der Waals surface area contributed by atoms with Crippen LogP contribution in [0.15, 0.2) is 72.8 Å². The van der Waals surface area contributed by atoms with Crippen molar-refractivity contribution in [1.29, 1.82) is 0 Å². The number of rotatable bonds is 2. The van der Waals surface area contributed by atoms with Gasteiger partial charge in [0.15, 0.2) is 0 Å². The Hall–Kier alpha value is -3.01. The zero-order valence-corrected chi connectivity index (χ0v) is 31.9. The van der Waals surface area contributed by atoms with Gasteiger partial charge in [0, 0.05) is 33.4 Å². The van der Waals surface area contributed by atoms with Gasteiger partial charge in [-0.15, -0.1) is 0 Å². The minimum absolute atomic E-state index is 0.0192. The lowest BCUT2D eigenvalue weighted by molar-refractivity contribution is 0.589. The van der Waals surface area contributed by atoms with E-state index in [4.69, 9.17) is 0 Å². The highest BCUT2D eigenvalue weighted by Gasteiger charge is 2.20. The van der Waals surface area contributed by atoms with E-state index in [0.29, 0.717) is 0 Å². The molecule has 5 aromatic rings. The van der Waals surface area contributed by atoms with Crippen molar-refractivity contribution in [1.82, 2.24) is 0 Å². The zero-order valence-electron chi connectivity index (χ0n) is 27.2. The van der Waals surface area contributed by atoms with Crippen molar-refractivity contribution in [2.45, 2.75) is 52.4 Å². The topological polar surface area (TPSA) is 0 Å². The Morgan fingerprint density at radius 3 is 0.957 bits per heavy atom. The third-order valence-electron chi connectivity index (χ3n) is 8.21. The van der Waals surface area contributed by atoms with Crippen LogP contribution < -0.4 is 0 Å². The van der Waals surface area contributed by atoms with Crippen LogP contribution in [0.25, 0.3) is 43.8 Å². The fourth-order valence-electron chi connectivity index (χ4n) is 5.79. The van der Waals surface area contributed by atoms with Crippen LogP contribution in [0.4, 0.5) is 0 Å². The highest BCUT2D eigenvalue weighted by molar-refractivity contribution is 6.23. The summed E-state index contributed by atoms with van der Waals surface area (Å²) in [6.45, 7) is 13.3. The van der Waals surface area contributed by atoms with Gasteiger partial charge in [0.05, 0.1) is 0 Å². The van der Waals surface area contributed by atoms with Crippen molar-refractivity contribution in [3.8, 4) is 65.1 Å². The van der Waals surface area contributed by atoms with E-state index in [-0.39, 0.29) is 10.8 Å². The van der Waals surface area contributed by atoms with Gasteiger partial charge < -0.3 is 0 Å². The molecule has 0 heterocycles. The summed E-state index contributed by atoms with van der Waals surface area (Å²) in [6, 6.07) is 26.7. The fourth-order valence-corrected chi connectivity index (χ4v) is 6.41. The van der Waals surface area contributed by atoms with Gasteiger partial charge in [0.2, 0.25) is 0 Å². The second-order valence-electron chi connectivity index (χ2n) is 13.4. The minimum Gasteiger partial charge on any atom is -0.230 e. The van der Waals surface area contributed by atoms with Gasteiger partial charge in [-0.3, -0.25) is 0 Å². The number of fused-ring (bicyclic) bond motifs is 2. The Morgan fingerprint density at radius 1 is 0.391 bits per heavy atom. The maximum Gasteiger partial charge on any atom is 0.264 e. The molecule has 0 aliphatic heterocycles. The van der Waals surface area contributed by atoms with Crippen LogP contribution in [0.5, 0.6) is 0 Å². The van der Waals surface area contributed by atoms with Crippen molar-refractivity contribution >= 4 is 86.7 Å². The quantitative estimate of drug-likeness (QED) is 0.105. The second-order valence-corrected chi connectivity index (χ2v) is 14.6. The summed E-state index contributed by atoms with van der Waals surface area (Å²) >= 11 is 10.1. The lowest BCUT2D eigenvalue weighted by Crippen LogP contribution is -2.12. The molecule has 0 unspecified atom stereocenters. The van der Waals surface area contributed by atoms with E-state index < -0.39 is 0 Å². The van der Waals surface area contributed by atoms with E-state index in [1.165, 1.54) is 32.7 Å².